The summed E-state index contributed by atoms with van der Waals surface area (Å²) in [5.41, 5.74) is 2.94. The van der Waals surface area contributed by atoms with Gasteiger partial charge in [-0.1, -0.05) is 12.1 Å². The van der Waals surface area contributed by atoms with Gasteiger partial charge >= 0.3 is 5.97 Å². The molecule has 2 heterocycles. The van der Waals surface area contributed by atoms with Crippen molar-refractivity contribution in [2.75, 3.05) is 24.4 Å². The summed E-state index contributed by atoms with van der Waals surface area (Å²) in [4.78, 5) is 24.2. The van der Waals surface area contributed by atoms with Crippen LogP contribution in [-0.2, 0) is 4.74 Å². The minimum atomic E-state index is -0.381. The van der Waals surface area contributed by atoms with Crippen LogP contribution in [0.15, 0.2) is 60.9 Å². The number of nitrogens with zero attached hydrogens (tertiary/aromatic N) is 4. The van der Waals surface area contributed by atoms with E-state index in [1.165, 1.54) is 13.4 Å². The molecule has 32 heavy (non-hydrogen) atoms. The number of hydrogen-bond acceptors (Lipinski definition) is 9. The lowest BCUT2D eigenvalue weighted by atomic mass is 10.1. The van der Waals surface area contributed by atoms with Crippen molar-refractivity contribution in [2.45, 2.75) is 6.92 Å². The maximum atomic E-state index is 11.6. The third-order valence-electron chi connectivity index (χ3n) is 4.43. The molecule has 10 heteroatoms. The number of aromatic amines is 1. The first-order chi connectivity index (χ1) is 15.6. The third-order valence-corrected chi connectivity index (χ3v) is 4.43. The minimum absolute atomic E-state index is 0.340. The van der Waals surface area contributed by atoms with Crippen LogP contribution in [-0.4, -0.2) is 44.8 Å². The van der Waals surface area contributed by atoms with E-state index in [-0.39, 0.29) is 5.97 Å². The number of methoxy groups -OCH3 is 1. The van der Waals surface area contributed by atoms with Gasteiger partial charge < -0.3 is 20.1 Å². The highest BCUT2D eigenvalue weighted by Crippen LogP contribution is 2.22. The molecule has 0 spiro atoms. The Hall–Kier alpha value is -4.47. The van der Waals surface area contributed by atoms with Gasteiger partial charge in [-0.05, 0) is 48.9 Å². The van der Waals surface area contributed by atoms with E-state index in [9.17, 15) is 4.79 Å². The zero-order chi connectivity index (χ0) is 22.3. The molecule has 10 nitrogen and oxygen atoms in total. The van der Waals surface area contributed by atoms with Crippen LogP contribution in [0.4, 0.5) is 23.4 Å². The summed E-state index contributed by atoms with van der Waals surface area (Å²) >= 11 is 0. The predicted molar refractivity (Wildman–Crippen MR) is 119 cm³/mol. The van der Waals surface area contributed by atoms with Crippen molar-refractivity contribution in [3.05, 3.63) is 66.5 Å². The quantitative estimate of drug-likeness (QED) is 0.356. The van der Waals surface area contributed by atoms with Gasteiger partial charge in [0.25, 0.3) is 0 Å². The van der Waals surface area contributed by atoms with Crippen molar-refractivity contribution in [1.82, 2.24) is 25.1 Å². The fraction of sp³-hybridized carbons (Fsp3) is 0.136. The molecule has 0 unspecified atom stereocenters. The van der Waals surface area contributed by atoms with Crippen LogP contribution in [0.1, 0.15) is 17.3 Å². The number of nitrogens with one attached hydrogen (secondary N) is 3. The molecule has 0 saturated heterocycles. The molecule has 3 N–H and O–H groups in total. The van der Waals surface area contributed by atoms with Crippen molar-refractivity contribution in [3.63, 3.8) is 0 Å². The van der Waals surface area contributed by atoms with Crippen LogP contribution in [0.2, 0.25) is 0 Å². The summed E-state index contributed by atoms with van der Waals surface area (Å²) in [6.07, 6.45) is 1.41. The number of rotatable bonds is 8. The Morgan fingerprint density at radius 1 is 1.00 bits per heavy atom. The van der Waals surface area contributed by atoms with Crippen LogP contribution in [0.3, 0.4) is 0 Å². The molecule has 162 valence electrons. The molecule has 0 amide bonds. The number of hydrogen-bond donors (Lipinski definition) is 3. The lowest BCUT2D eigenvalue weighted by Gasteiger charge is -2.07. The number of carbonyl (C=O) groups is 1. The number of esters is 1. The topological polar surface area (TPSA) is 127 Å². The molecule has 0 saturated carbocycles. The van der Waals surface area contributed by atoms with Crippen molar-refractivity contribution < 1.29 is 14.3 Å². The zero-order valence-corrected chi connectivity index (χ0v) is 17.5. The van der Waals surface area contributed by atoms with E-state index in [0.29, 0.717) is 29.9 Å². The molecule has 0 bridgehead atoms. The summed E-state index contributed by atoms with van der Waals surface area (Å²) in [5.74, 6) is 1.68. The van der Waals surface area contributed by atoms with Crippen molar-refractivity contribution >= 4 is 29.4 Å². The monoisotopic (exact) mass is 431 g/mol. The highest BCUT2D eigenvalue weighted by molar-refractivity contribution is 5.89. The SMILES string of the molecule is CCOc1ccc(Nc2ncnc(Nc3cc(-c4ccc(C(=O)OC)cc4)[nH]n3)n2)cc1. The number of benzene rings is 2. The second kappa shape index (κ2) is 9.56. The number of ether oxygens (including phenoxy) is 2. The van der Waals surface area contributed by atoms with E-state index in [0.717, 1.165) is 22.7 Å². The number of carbonyl (C=O) groups excluding carboxylic acids is 1. The first-order valence-electron chi connectivity index (χ1n) is 9.84. The molecule has 4 rings (SSSR count). The zero-order valence-electron chi connectivity index (χ0n) is 17.5. The summed E-state index contributed by atoms with van der Waals surface area (Å²) in [7, 11) is 1.35. The second-order valence-electron chi connectivity index (χ2n) is 6.58. The molecule has 0 aliphatic carbocycles. The van der Waals surface area contributed by atoms with Crippen LogP contribution in [0, 0.1) is 0 Å². The van der Waals surface area contributed by atoms with E-state index >= 15 is 0 Å². The maximum Gasteiger partial charge on any atom is 0.337 e. The average molecular weight is 431 g/mol. The average Bonchev–Trinajstić information content (AvgIpc) is 3.29. The van der Waals surface area contributed by atoms with E-state index in [1.807, 2.05) is 49.4 Å². The number of aromatic nitrogens is 5. The summed E-state index contributed by atoms with van der Waals surface area (Å²) in [6, 6.07) is 16.3. The molecule has 0 fully saturated rings. The normalized spacial score (nSPS) is 10.4. The smallest absolute Gasteiger partial charge is 0.337 e. The van der Waals surface area contributed by atoms with Crippen LogP contribution in [0.5, 0.6) is 5.75 Å². The first kappa shape index (κ1) is 20.8. The Morgan fingerprint density at radius 3 is 2.41 bits per heavy atom. The lowest BCUT2D eigenvalue weighted by Crippen LogP contribution is -2.03. The molecule has 4 aromatic rings. The van der Waals surface area contributed by atoms with Gasteiger partial charge in [-0.25, -0.2) is 14.8 Å². The molecular formula is C22H21N7O3. The van der Waals surface area contributed by atoms with Crippen LogP contribution < -0.4 is 15.4 Å². The first-order valence-corrected chi connectivity index (χ1v) is 9.84. The Balaban J connectivity index is 1.43. The molecule has 0 aliphatic heterocycles. The molecule has 0 radical (unpaired) electrons. The van der Waals surface area contributed by atoms with Crippen molar-refractivity contribution in [2.24, 2.45) is 0 Å². The van der Waals surface area contributed by atoms with Crippen molar-refractivity contribution in [3.8, 4) is 17.0 Å². The largest absolute Gasteiger partial charge is 0.494 e. The Labute approximate surface area is 184 Å². The van der Waals surface area contributed by atoms with Crippen LogP contribution >= 0.6 is 0 Å². The van der Waals surface area contributed by atoms with Crippen molar-refractivity contribution in [1.29, 1.82) is 0 Å². The van der Waals surface area contributed by atoms with E-state index in [2.05, 4.69) is 35.8 Å². The maximum absolute atomic E-state index is 11.6. The van der Waals surface area contributed by atoms with Gasteiger partial charge in [0.2, 0.25) is 11.9 Å². The standard InChI is InChI=1S/C22H21N7O3/c1-3-32-17-10-8-16(9-11-17)25-21-23-13-24-22(27-21)26-19-12-18(28-29-19)14-4-6-15(7-5-14)20(30)31-2/h4-13H,3H2,1-2H3,(H3,23,24,25,26,27,28,29). The molecule has 0 aliphatic rings. The molecule has 2 aromatic heterocycles. The van der Waals surface area contributed by atoms with E-state index < -0.39 is 0 Å². The minimum Gasteiger partial charge on any atom is -0.494 e. The fourth-order valence-electron chi connectivity index (χ4n) is 2.90. The van der Waals surface area contributed by atoms with Gasteiger partial charge in [-0.15, -0.1) is 0 Å². The Kier molecular flexibility index (Phi) is 6.21. The van der Waals surface area contributed by atoms with Gasteiger partial charge in [0, 0.05) is 11.8 Å². The van der Waals surface area contributed by atoms with Gasteiger partial charge in [-0.2, -0.15) is 10.1 Å². The van der Waals surface area contributed by atoms with Crippen LogP contribution in [0.25, 0.3) is 11.3 Å². The highest BCUT2D eigenvalue weighted by Gasteiger charge is 2.09. The predicted octanol–water partition coefficient (Wildman–Crippen LogP) is 3.93. The number of H-pyrrole nitrogens is 1. The third kappa shape index (κ3) is 4.98. The molecule has 0 atom stereocenters. The van der Waals surface area contributed by atoms with Gasteiger partial charge in [0.15, 0.2) is 5.82 Å². The summed E-state index contributed by atoms with van der Waals surface area (Å²) in [5, 5.41) is 13.4. The summed E-state index contributed by atoms with van der Waals surface area (Å²) in [6.45, 7) is 2.55. The van der Waals surface area contributed by atoms with E-state index in [1.54, 1.807) is 12.1 Å². The fourth-order valence-corrected chi connectivity index (χ4v) is 2.90. The molecule has 2 aromatic carbocycles. The second-order valence-corrected chi connectivity index (χ2v) is 6.58. The number of anilines is 4. The molecular weight excluding hydrogens is 410 g/mol. The Bertz CT molecular complexity index is 1190. The highest BCUT2D eigenvalue weighted by atomic mass is 16.5. The van der Waals surface area contributed by atoms with Gasteiger partial charge in [0.1, 0.15) is 12.1 Å². The summed E-state index contributed by atoms with van der Waals surface area (Å²) < 4.78 is 10.2. The van der Waals surface area contributed by atoms with Gasteiger partial charge in [-0.3, -0.25) is 5.10 Å². The van der Waals surface area contributed by atoms with E-state index in [4.69, 9.17) is 9.47 Å². The van der Waals surface area contributed by atoms with Gasteiger partial charge in [0.05, 0.1) is 25.0 Å². The Morgan fingerprint density at radius 2 is 1.72 bits per heavy atom. The lowest BCUT2D eigenvalue weighted by molar-refractivity contribution is 0.0600.